The van der Waals surface area contributed by atoms with Crippen LogP contribution in [0.3, 0.4) is 0 Å². The van der Waals surface area contributed by atoms with Gasteiger partial charge in [0.05, 0.1) is 39.4 Å². The Balaban J connectivity index is 1.30. The first kappa shape index (κ1) is 25.7. The highest BCUT2D eigenvalue weighted by Gasteiger charge is 2.21. The lowest BCUT2D eigenvalue weighted by Crippen LogP contribution is -1.98. The summed E-state index contributed by atoms with van der Waals surface area (Å²) in [5, 5.41) is 16.9. The summed E-state index contributed by atoms with van der Waals surface area (Å²) in [5.41, 5.74) is 10.9. The Morgan fingerprint density at radius 2 is 1.15 bits per heavy atom. The maximum absolute atomic E-state index is 10.0. The molecule has 47 heavy (non-hydrogen) atoms. The molecular weight excluding hydrogens is 574 g/mol. The Hall–Kier alpha value is -6.57. The molecule has 218 valence electrons. The molecule has 0 bridgehead atoms. The second-order valence-corrected chi connectivity index (χ2v) is 12.1. The first-order valence-electron chi connectivity index (χ1n) is 15.8. The van der Waals surface area contributed by atoms with Gasteiger partial charge >= 0.3 is 0 Å². The van der Waals surface area contributed by atoms with Gasteiger partial charge in [0.2, 0.25) is 0 Å². The number of benzene rings is 7. The predicted molar refractivity (Wildman–Crippen MR) is 193 cm³/mol. The zero-order valence-electron chi connectivity index (χ0n) is 25.2. The summed E-state index contributed by atoms with van der Waals surface area (Å²) < 4.78 is 11.2. The molecule has 0 aliphatic heterocycles. The van der Waals surface area contributed by atoms with Crippen molar-refractivity contribution in [2.45, 2.75) is 0 Å². The number of para-hydroxylation sites is 4. The van der Waals surface area contributed by atoms with Crippen LogP contribution in [0.2, 0.25) is 0 Å². The molecule has 0 unspecified atom stereocenters. The molecule has 0 aliphatic rings. The van der Waals surface area contributed by atoms with Gasteiger partial charge in [-0.25, -0.2) is 0 Å². The van der Waals surface area contributed by atoms with Crippen molar-refractivity contribution in [1.82, 2.24) is 9.13 Å². The van der Waals surface area contributed by atoms with Gasteiger partial charge in [-0.15, -0.1) is 0 Å². The predicted octanol–water partition coefficient (Wildman–Crippen LogP) is 11.3. The summed E-state index contributed by atoms with van der Waals surface area (Å²) in [6.07, 6.45) is 0. The van der Waals surface area contributed by atoms with Gasteiger partial charge in [0.25, 0.3) is 0 Å². The third kappa shape index (κ3) is 3.63. The van der Waals surface area contributed by atoms with Crippen molar-refractivity contribution in [2.24, 2.45) is 0 Å². The molecule has 0 radical (unpaired) electrons. The smallest absolute Gasteiger partial charge is 0.160 e. The molecule has 3 aromatic heterocycles. The van der Waals surface area contributed by atoms with Crippen molar-refractivity contribution in [3.8, 4) is 28.6 Å². The van der Waals surface area contributed by atoms with Crippen LogP contribution in [0.5, 0.6) is 0 Å². The fraction of sp³-hybridized carbons (Fsp3) is 0. The number of hydrogen-bond acceptors (Lipinski definition) is 2. The van der Waals surface area contributed by atoms with E-state index in [1.165, 1.54) is 10.8 Å². The van der Waals surface area contributed by atoms with Gasteiger partial charge in [-0.2, -0.15) is 5.26 Å². The molecule has 4 heteroatoms. The molecule has 0 aliphatic carbocycles. The van der Waals surface area contributed by atoms with E-state index in [1.807, 2.05) is 30.3 Å². The molecule has 0 fully saturated rings. The molecule has 7 aromatic carbocycles. The highest BCUT2D eigenvalue weighted by Crippen LogP contribution is 2.43. The maximum Gasteiger partial charge on any atom is 0.160 e. The number of nitriles is 1. The molecule has 10 rings (SSSR count). The zero-order chi connectivity index (χ0) is 31.1. The van der Waals surface area contributed by atoms with Crippen molar-refractivity contribution >= 4 is 65.6 Å². The van der Waals surface area contributed by atoms with E-state index in [2.05, 4.69) is 137 Å². The van der Waals surface area contributed by atoms with E-state index in [-0.39, 0.29) is 0 Å². The second-order valence-electron chi connectivity index (χ2n) is 12.1. The third-order valence-electron chi connectivity index (χ3n) is 9.54. The van der Waals surface area contributed by atoms with Crippen molar-refractivity contribution in [3.63, 3.8) is 0 Å². The Labute approximate surface area is 269 Å². The lowest BCUT2D eigenvalue weighted by molar-refractivity contribution is 0.671. The molecule has 4 nitrogen and oxygen atoms in total. The van der Waals surface area contributed by atoms with E-state index >= 15 is 0 Å². The Morgan fingerprint density at radius 3 is 1.91 bits per heavy atom. The standard InChI is InChI=1S/C43H25N3O/c44-26-27-18-22-39(46-37-15-7-4-12-30(37)31-13-5-8-16-38(31)46)35(24-27)28-19-23-40-36(25-28)33-20-21-34-32-14-6-9-17-41(32)47-43(34)42(33)45(40)29-10-2-1-3-11-29/h1-25H. The van der Waals surface area contributed by atoms with Crippen molar-refractivity contribution in [3.05, 3.63) is 157 Å². The van der Waals surface area contributed by atoms with Gasteiger partial charge in [0, 0.05) is 43.6 Å². The minimum Gasteiger partial charge on any atom is -0.454 e. The average molecular weight is 600 g/mol. The van der Waals surface area contributed by atoms with Gasteiger partial charge in [-0.1, -0.05) is 84.9 Å². The third-order valence-corrected chi connectivity index (χ3v) is 9.54. The van der Waals surface area contributed by atoms with Gasteiger partial charge in [0.15, 0.2) is 5.58 Å². The molecular formula is C43H25N3O. The monoisotopic (exact) mass is 599 g/mol. The van der Waals surface area contributed by atoms with E-state index in [0.717, 1.165) is 77.3 Å². The van der Waals surface area contributed by atoms with Gasteiger partial charge in [-0.3, -0.25) is 0 Å². The van der Waals surface area contributed by atoms with Gasteiger partial charge < -0.3 is 13.6 Å². The summed E-state index contributed by atoms with van der Waals surface area (Å²) in [4.78, 5) is 0. The molecule has 0 atom stereocenters. The maximum atomic E-state index is 10.0. The first-order chi connectivity index (χ1) is 23.3. The fourth-order valence-corrected chi connectivity index (χ4v) is 7.51. The van der Waals surface area contributed by atoms with E-state index in [4.69, 9.17) is 4.42 Å². The molecule has 10 aromatic rings. The quantitative estimate of drug-likeness (QED) is 0.203. The minimum absolute atomic E-state index is 0.625. The van der Waals surface area contributed by atoms with Crippen LogP contribution in [0.4, 0.5) is 0 Å². The molecule has 0 saturated carbocycles. The van der Waals surface area contributed by atoms with Crippen LogP contribution in [0.25, 0.3) is 88.1 Å². The van der Waals surface area contributed by atoms with E-state index in [1.54, 1.807) is 0 Å². The van der Waals surface area contributed by atoms with Crippen molar-refractivity contribution in [1.29, 1.82) is 5.26 Å². The number of hydrogen-bond donors (Lipinski definition) is 0. The summed E-state index contributed by atoms with van der Waals surface area (Å²) in [5.74, 6) is 0. The summed E-state index contributed by atoms with van der Waals surface area (Å²) in [6, 6.07) is 55.3. The average Bonchev–Trinajstić information content (AvgIpc) is 3.79. The lowest BCUT2D eigenvalue weighted by atomic mass is 9.98. The highest BCUT2D eigenvalue weighted by molar-refractivity contribution is 6.22. The lowest BCUT2D eigenvalue weighted by Gasteiger charge is -2.15. The largest absolute Gasteiger partial charge is 0.454 e. The molecule has 0 N–H and O–H groups in total. The van der Waals surface area contributed by atoms with Crippen LogP contribution >= 0.6 is 0 Å². The fourth-order valence-electron chi connectivity index (χ4n) is 7.51. The Bertz CT molecular complexity index is 2860. The molecule has 3 heterocycles. The number of aromatic nitrogens is 2. The zero-order valence-corrected chi connectivity index (χ0v) is 25.2. The van der Waals surface area contributed by atoms with E-state index in [9.17, 15) is 5.26 Å². The minimum atomic E-state index is 0.625. The second kappa shape index (κ2) is 9.71. The summed E-state index contributed by atoms with van der Waals surface area (Å²) in [6.45, 7) is 0. The SMILES string of the molecule is N#Cc1ccc(-n2c3ccccc3c3ccccc32)c(-c2ccc3c(c2)c2ccc4c5ccccc5oc4c2n3-c2ccccc2)c1. The van der Waals surface area contributed by atoms with Crippen LogP contribution in [0, 0.1) is 11.3 Å². The van der Waals surface area contributed by atoms with Crippen molar-refractivity contribution < 1.29 is 4.42 Å². The molecule has 0 spiro atoms. The van der Waals surface area contributed by atoms with Crippen LogP contribution < -0.4 is 0 Å². The molecule has 0 amide bonds. The topological polar surface area (TPSA) is 46.8 Å². The normalized spacial score (nSPS) is 11.8. The summed E-state index contributed by atoms with van der Waals surface area (Å²) in [7, 11) is 0. The number of furan rings is 1. The highest BCUT2D eigenvalue weighted by atomic mass is 16.3. The van der Waals surface area contributed by atoms with Crippen molar-refractivity contribution in [2.75, 3.05) is 0 Å². The number of nitrogens with zero attached hydrogens (tertiary/aromatic N) is 3. The number of fused-ring (bicyclic) bond motifs is 10. The van der Waals surface area contributed by atoms with Gasteiger partial charge in [0.1, 0.15) is 5.58 Å². The first-order valence-corrected chi connectivity index (χ1v) is 15.8. The van der Waals surface area contributed by atoms with Crippen LogP contribution in [-0.2, 0) is 0 Å². The van der Waals surface area contributed by atoms with E-state index < -0.39 is 0 Å². The van der Waals surface area contributed by atoms with Gasteiger partial charge in [-0.05, 0) is 72.3 Å². The molecule has 0 saturated heterocycles. The Morgan fingerprint density at radius 1 is 0.489 bits per heavy atom. The summed E-state index contributed by atoms with van der Waals surface area (Å²) >= 11 is 0. The van der Waals surface area contributed by atoms with Crippen LogP contribution in [-0.4, -0.2) is 9.13 Å². The van der Waals surface area contributed by atoms with Crippen LogP contribution in [0.1, 0.15) is 5.56 Å². The van der Waals surface area contributed by atoms with Crippen LogP contribution in [0.15, 0.2) is 156 Å². The number of rotatable bonds is 3. The van der Waals surface area contributed by atoms with E-state index in [0.29, 0.717) is 5.56 Å². The Kier molecular flexibility index (Phi) is 5.32.